The molecule has 2 N–H and O–H groups in total. The summed E-state index contributed by atoms with van der Waals surface area (Å²) in [5.74, 6) is 0.389. The van der Waals surface area contributed by atoms with E-state index >= 15 is 0 Å². The third-order valence-electron chi connectivity index (χ3n) is 4.98. The fourth-order valence-electron chi connectivity index (χ4n) is 3.44. The van der Waals surface area contributed by atoms with Gasteiger partial charge in [0.2, 0.25) is 0 Å². The largest absolute Gasteiger partial charge is 0.496 e. The van der Waals surface area contributed by atoms with Crippen molar-refractivity contribution in [3.63, 3.8) is 0 Å². The maximum Gasteiger partial charge on any atom is 0.124 e. The third-order valence-corrected chi connectivity index (χ3v) is 4.98. The first kappa shape index (κ1) is 17.9. The van der Waals surface area contributed by atoms with Gasteiger partial charge < -0.3 is 19.8 Å². The van der Waals surface area contributed by atoms with Crippen LogP contribution in [0.2, 0.25) is 0 Å². The molecule has 5 heteroatoms. The maximum absolute atomic E-state index is 13.0. The highest BCUT2D eigenvalue weighted by atomic mass is 19.1. The summed E-state index contributed by atoms with van der Waals surface area (Å²) in [6.45, 7) is 1.81. The number of piperidine rings is 1. The number of likely N-dealkylation sites (tertiary alicyclic amines) is 1. The van der Waals surface area contributed by atoms with Crippen LogP contribution in [0, 0.1) is 5.82 Å². The summed E-state index contributed by atoms with van der Waals surface area (Å²) in [5.41, 5.74) is 0.604. The Morgan fingerprint density at radius 1 is 1.12 bits per heavy atom. The van der Waals surface area contributed by atoms with Crippen molar-refractivity contribution in [1.29, 1.82) is 0 Å². The highest BCUT2D eigenvalue weighted by Gasteiger charge is 2.36. The first-order chi connectivity index (χ1) is 12.0. The van der Waals surface area contributed by atoms with E-state index in [1.165, 1.54) is 12.1 Å². The fraction of sp³-hybridized carbons (Fsp3) is 0.400. The molecule has 0 aliphatic carbocycles. The molecule has 3 rings (SSSR count). The number of hydrogen-bond acceptors (Lipinski definition) is 4. The number of benzene rings is 2. The van der Waals surface area contributed by atoms with Gasteiger partial charge in [0.25, 0.3) is 0 Å². The zero-order valence-electron chi connectivity index (χ0n) is 14.4. The molecule has 1 aliphatic heterocycles. The van der Waals surface area contributed by atoms with E-state index in [1.54, 1.807) is 19.2 Å². The van der Waals surface area contributed by atoms with E-state index in [4.69, 9.17) is 4.74 Å². The topological polar surface area (TPSA) is 52.9 Å². The van der Waals surface area contributed by atoms with Crippen LogP contribution < -0.4 is 4.74 Å². The van der Waals surface area contributed by atoms with Crippen molar-refractivity contribution in [2.45, 2.75) is 24.5 Å². The summed E-state index contributed by atoms with van der Waals surface area (Å²) in [6, 6.07) is 13.5. The first-order valence-electron chi connectivity index (χ1n) is 8.53. The van der Waals surface area contributed by atoms with Gasteiger partial charge in [-0.2, -0.15) is 0 Å². The van der Waals surface area contributed by atoms with Crippen LogP contribution >= 0.6 is 0 Å². The number of methoxy groups -OCH3 is 1. The molecule has 1 fully saturated rings. The van der Waals surface area contributed by atoms with Crippen LogP contribution in [0.5, 0.6) is 5.75 Å². The second kappa shape index (κ2) is 7.52. The predicted octanol–water partition coefficient (Wildman–Crippen LogP) is 2.85. The molecule has 0 radical (unpaired) electrons. The normalized spacial score (nSPS) is 18.7. The summed E-state index contributed by atoms with van der Waals surface area (Å²) in [4.78, 5) is 2.12. The molecule has 0 spiro atoms. The molecular weight excluding hydrogens is 321 g/mol. The summed E-state index contributed by atoms with van der Waals surface area (Å²) < 4.78 is 18.4. The van der Waals surface area contributed by atoms with Gasteiger partial charge in [0, 0.05) is 25.2 Å². The molecule has 1 saturated heterocycles. The van der Waals surface area contributed by atoms with Crippen molar-refractivity contribution >= 4 is 0 Å². The van der Waals surface area contributed by atoms with E-state index in [1.807, 2.05) is 24.3 Å². The highest BCUT2D eigenvalue weighted by molar-refractivity contribution is 5.38. The zero-order valence-corrected chi connectivity index (χ0v) is 14.4. The van der Waals surface area contributed by atoms with Gasteiger partial charge in [0.1, 0.15) is 11.6 Å². The van der Waals surface area contributed by atoms with E-state index < -0.39 is 11.7 Å². The molecule has 1 heterocycles. The average Bonchev–Trinajstić information content (AvgIpc) is 2.64. The number of β-amino-alcohol motifs (C(OH)–C–C–N with tert-alkyl or cyclic N) is 1. The summed E-state index contributed by atoms with van der Waals surface area (Å²) >= 11 is 0. The Bertz CT molecular complexity index is 696. The van der Waals surface area contributed by atoms with E-state index in [9.17, 15) is 14.6 Å². The van der Waals surface area contributed by atoms with Gasteiger partial charge in [-0.3, -0.25) is 0 Å². The number of rotatable bonds is 5. The fourth-order valence-corrected chi connectivity index (χ4v) is 3.44. The molecule has 1 aliphatic rings. The van der Waals surface area contributed by atoms with Crippen LogP contribution in [0.4, 0.5) is 4.39 Å². The predicted molar refractivity (Wildman–Crippen MR) is 93.9 cm³/mol. The SMILES string of the molecule is COc1ccccc1C1(O)CCN(C[C@@H](O)c2ccc(F)cc2)CC1. The lowest BCUT2D eigenvalue weighted by atomic mass is 9.83. The Morgan fingerprint density at radius 2 is 1.76 bits per heavy atom. The van der Waals surface area contributed by atoms with Crippen LogP contribution in [-0.4, -0.2) is 41.9 Å². The van der Waals surface area contributed by atoms with Gasteiger partial charge in [0.05, 0.1) is 18.8 Å². The smallest absolute Gasteiger partial charge is 0.124 e. The summed E-state index contributed by atoms with van der Waals surface area (Å²) in [7, 11) is 1.61. The number of para-hydroxylation sites is 1. The number of aliphatic hydroxyl groups is 2. The van der Waals surface area contributed by atoms with Gasteiger partial charge in [0.15, 0.2) is 0 Å². The zero-order chi connectivity index (χ0) is 17.9. The second-order valence-electron chi connectivity index (χ2n) is 6.60. The molecule has 0 saturated carbocycles. The van der Waals surface area contributed by atoms with E-state index in [0.717, 1.165) is 5.56 Å². The molecule has 4 nitrogen and oxygen atoms in total. The Labute approximate surface area is 147 Å². The number of halogens is 1. The minimum Gasteiger partial charge on any atom is -0.496 e. The Balaban J connectivity index is 1.62. The van der Waals surface area contributed by atoms with E-state index in [2.05, 4.69) is 4.90 Å². The van der Waals surface area contributed by atoms with Crippen molar-refractivity contribution < 1.29 is 19.3 Å². The quantitative estimate of drug-likeness (QED) is 0.875. The number of ether oxygens (including phenoxy) is 1. The van der Waals surface area contributed by atoms with Crippen molar-refractivity contribution in [2.24, 2.45) is 0 Å². The lowest BCUT2D eigenvalue weighted by Crippen LogP contribution is -2.44. The molecule has 0 aromatic heterocycles. The number of hydrogen-bond donors (Lipinski definition) is 2. The van der Waals surface area contributed by atoms with Crippen LogP contribution in [0.15, 0.2) is 48.5 Å². The highest BCUT2D eigenvalue weighted by Crippen LogP contribution is 2.38. The summed E-state index contributed by atoms with van der Waals surface area (Å²) in [5, 5.41) is 21.4. The molecule has 0 amide bonds. The monoisotopic (exact) mass is 345 g/mol. The van der Waals surface area contributed by atoms with Crippen LogP contribution in [0.1, 0.15) is 30.1 Å². The average molecular weight is 345 g/mol. The molecule has 134 valence electrons. The van der Waals surface area contributed by atoms with Gasteiger partial charge in [-0.1, -0.05) is 30.3 Å². The third kappa shape index (κ3) is 4.00. The minimum absolute atomic E-state index is 0.309. The van der Waals surface area contributed by atoms with Gasteiger partial charge in [-0.05, 0) is 36.6 Å². The van der Waals surface area contributed by atoms with Gasteiger partial charge in [-0.15, -0.1) is 0 Å². The molecule has 25 heavy (non-hydrogen) atoms. The Morgan fingerprint density at radius 3 is 2.40 bits per heavy atom. The molecule has 2 aromatic carbocycles. The van der Waals surface area contributed by atoms with E-state index in [0.29, 0.717) is 43.8 Å². The van der Waals surface area contributed by atoms with Crippen molar-refractivity contribution in [3.05, 3.63) is 65.5 Å². The lowest BCUT2D eigenvalue weighted by Gasteiger charge is -2.39. The lowest BCUT2D eigenvalue weighted by molar-refractivity contribution is -0.0358. The second-order valence-corrected chi connectivity index (χ2v) is 6.60. The Hall–Kier alpha value is -1.95. The van der Waals surface area contributed by atoms with Crippen molar-refractivity contribution in [3.8, 4) is 5.75 Å². The molecule has 0 unspecified atom stereocenters. The van der Waals surface area contributed by atoms with Crippen LogP contribution in [0.3, 0.4) is 0 Å². The van der Waals surface area contributed by atoms with E-state index in [-0.39, 0.29) is 5.82 Å². The van der Waals surface area contributed by atoms with Gasteiger partial charge >= 0.3 is 0 Å². The summed E-state index contributed by atoms with van der Waals surface area (Å²) in [6.07, 6.45) is 0.477. The molecule has 1 atom stereocenters. The van der Waals surface area contributed by atoms with Crippen molar-refractivity contribution in [2.75, 3.05) is 26.7 Å². The molecule has 2 aromatic rings. The number of nitrogens with zero attached hydrogens (tertiary/aromatic N) is 1. The number of aliphatic hydroxyl groups excluding tert-OH is 1. The van der Waals surface area contributed by atoms with Gasteiger partial charge in [-0.25, -0.2) is 4.39 Å². The van der Waals surface area contributed by atoms with Crippen LogP contribution in [0.25, 0.3) is 0 Å². The Kier molecular flexibility index (Phi) is 5.37. The van der Waals surface area contributed by atoms with Crippen molar-refractivity contribution in [1.82, 2.24) is 4.90 Å². The minimum atomic E-state index is -0.913. The van der Waals surface area contributed by atoms with Crippen LogP contribution in [-0.2, 0) is 5.60 Å². The maximum atomic E-state index is 13.0. The first-order valence-corrected chi connectivity index (χ1v) is 8.53. The standard InChI is InChI=1S/C20H24FNO3/c1-25-19-5-3-2-4-17(19)20(24)10-12-22(13-11-20)14-18(23)15-6-8-16(21)9-7-15/h2-9,18,23-24H,10-14H2,1H3/t18-/m1/s1. The molecular formula is C20H24FNO3. The molecule has 0 bridgehead atoms.